The van der Waals surface area contributed by atoms with Crippen molar-refractivity contribution in [2.75, 3.05) is 26.7 Å². The first-order chi connectivity index (χ1) is 8.60. The fourth-order valence-electron chi connectivity index (χ4n) is 2.97. The lowest BCUT2D eigenvalue weighted by Gasteiger charge is -2.42. The molecule has 0 saturated heterocycles. The molecule has 0 atom stereocenters. The van der Waals surface area contributed by atoms with Crippen LogP contribution in [-0.2, 0) is 4.74 Å². The Kier molecular flexibility index (Phi) is 7.20. The summed E-state index contributed by atoms with van der Waals surface area (Å²) in [7, 11) is 2.22. The van der Waals surface area contributed by atoms with E-state index in [4.69, 9.17) is 10.5 Å². The van der Waals surface area contributed by atoms with E-state index in [1.54, 1.807) is 0 Å². The Hall–Kier alpha value is -0.120. The number of rotatable bonds is 6. The third-order valence-corrected chi connectivity index (χ3v) is 4.35. The van der Waals surface area contributed by atoms with Crippen molar-refractivity contribution in [3.8, 4) is 0 Å². The van der Waals surface area contributed by atoms with Gasteiger partial charge in [0.05, 0.1) is 12.7 Å². The summed E-state index contributed by atoms with van der Waals surface area (Å²) in [5, 5.41) is 0. The minimum atomic E-state index is 0.223. The number of hydrogen-bond acceptors (Lipinski definition) is 3. The summed E-state index contributed by atoms with van der Waals surface area (Å²) in [6.45, 7) is 6.78. The topological polar surface area (TPSA) is 38.5 Å². The van der Waals surface area contributed by atoms with Gasteiger partial charge in [0.25, 0.3) is 0 Å². The van der Waals surface area contributed by atoms with Crippen molar-refractivity contribution in [1.29, 1.82) is 0 Å². The van der Waals surface area contributed by atoms with Gasteiger partial charge in [-0.05, 0) is 33.7 Å². The zero-order valence-corrected chi connectivity index (χ0v) is 12.6. The van der Waals surface area contributed by atoms with Crippen LogP contribution in [0.3, 0.4) is 0 Å². The Morgan fingerprint density at radius 2 is 1.67 bits per heavy atom. The molecular formula is C15H32N2O. The molecule has 0 aromatic heterocycles. The Balaban J connectivity index is 2.48. The summed E-state index contributed by atoms with van der Waals surface area (Å²) >= 11 is 0. The van der Waals surface area contributed by atoms with Crippen LogP contribution in [0.25, 0.3) is 0 Å². The molecule has 1 rings (SSSR count). The fraction of sp³-hybridized carbons (Fsp3) is 1.00. The van der Waals surface area contributed by atoms with Gasteiger partial charge >= 0.3 is 0 Å². The largest absolute Gasteiger partial charge is 0.377 e. The van der Waals surface area contributed by atoms with Crippen molar-refractivity contribution in [3.63, 3.8) is 0 Å². The van der Waals surface area contributed by atoms with Crippen LogP contribution in [0.1, 0.15) is 58.8 Å². The van der Waals surface area contributed by atoms with Crippen LogP contribution in [0, 0.1) is 0 Å². The molecule has 0 spiro atoms. The number of likely N-dealkylation sites (N-methyl/N-ethyl adjacent to an activating group) is 1. The van der Waals surface area contributed by atoms with E-state index in [1.165, 1.54) is 44.9 Å². The van der Waals surface area contributed by atoms with Crippen molar-refractivity contribution >= 4 is 0 Å². The van der Waals surface area contributed by atoms with Gasteiger partial charge < -0.3 is 10.5 Å². The van der Waals surface area contributed by atoms with Gasteiger partial charge in [-0.15, -0.1) is 0 Å². The molecule has 0 heterocycles. The van der Waals surface area contributed by atoms with E-state index in [-0.39, 0.29) is 5.54 Å². The number of nitrogens with two attached hydrogens (primary N) is 1. The molecule has 0 aromatic rings. The van der Waals surface area contributed by atoms with Crippen molar-refractivity contribution in [2.45, 2.75) is 70.4 Å². The Labute approximate surface area is 113 Å². The maximum atomic E-state index is 6.11. The van der Waals surface area contributed by atoms with Crippen LogP contribution in [0.15, 0.2) is 0 Å². The van der Waals surface area contributed by atoms with E-state index in [0.717, 1.165) is 19.7 Å². The van der Waals surface area contributed by atoms with Crippen molar-refractivity contribution in [2.24, 2.45) is 5.73 Å². The van der Waals surface area contributed by atoms with E-state index in [9.17, 15) is 0 Å². The zero-order chi connectivity index (χ0) is 13.4. The van der Waals surface area contributed by atoms with Crippen LogP contribution in [-0.4, -0.2) is 43.3 Å². The second kappa shape index (κ2) is 8.13. The molecule has 3 heteroatoms. The standard InChI is InChI=1S/C15H32N2O/c1-14(2)18-12-11-17(3)15(13-16)9-7-5-4-6-8-10-15/h14H,4-13,16H2,1-3H3. The quantitative estimate of drug-likeness (QED) is 0.794. The van der Waals surface area contributed by atoms with Gasteiger partial charge in [-0.25, -0.2) is 0 Å². The summed E-state index contributed by atoms with van der Waals surface area (Å²) in [5.41, 5.74) is 6.33. The van der Waals surface area contributed by atoms with Crippen LogP contribution in [0.2, 0.25) is 0 Å². The molecular weight excluding hydrogens is 224 g/mol. The SMILES string of the molecule is CC(C)OCCN(C)C1(CN)CCCCCCC1. The van der Waals surface area contributed by atoms with Gasteiger partial charge in [0.1, 0.15) is 0 Å². The van der Waals surface area contributed by atoms with Crippen LogP contribution in [0.4, 0.5) is 0 Å². The van der Waals surface area contributed by atoms with Gasteiger partial charge in [0.2, 0.25) is 0 Å². The molecule has 0 unspecified atom stereocenters. The highest BCUT2D eigenvalue weighted by Crippen LogP contribution is 2.30. The Morgan fingerprint density at radius 3 is 2.17 bits per heavy atom. The minimum Gasteiger partial charge on any atom is -0.377 e. The summed E-state index contributed by atoms with van der Waals surface area (Å²) in [6, 6.07) is 0. The first-order valence-electron chi connectivity index (χ1n) is 7.64. The maximum absolute atomic E-state index is 6.11. The molecule has 1 saturated carbocycles. The van der Waals surface area contributed by atoms with Crippen LogP contribution < -0.4 is 5.73 Å². The predicted molar refractivity (Wildman–Crippen MR) is 77.8 cm³/mol. The number of hydrogen-bond donors (Lipinski definition) is 1. The summed E-state index contributed by atoms with van der Waals surface area (Å²) in [4.78, 5) is 2.46. The summed E-state index contributed by atoms with van der Waals surface area (Å²) in [6.07, 6.45) is 9.63. The maximum Gasteiger partial charge on any atom is 0.0597 e. The molecule has 1 aliphatic carbocycles. The second-order valence-electron chi connectivity index (χ2n) is 6.04. The molecule has 0 radical (unpaired) electrons. The highest BCUT2D eigenvalue weighted by atomic mass is 16.5. The third-order valence-electron chi connectivity index (χ3n) is 4.35. The first kappa shape index (κ1) is 15.9. The third kappa shape index (κ3) is 4.87. The zero-order valence-electron chi connectivity index (χ0n) is 12.6. The Morgan fingerprint density at radius 1 is 1.11 bits per heavy atom. The number of nitrogens with zero attached hydrogens (tertiary/aromatic N) is 1. The van der Waals surface area contributed by atoms with Gasteiger partial charge in [0, 0.05) is 18.6 Å². The molecule has 1 fully saturated rings. The second-order valence-corrected chi connectivity index (χ2v) is 6.04. The van der Waals surface area contributed by atoms with Crippen molar-refractivity contribution in [1.82, 2.24) is 4.90 Å². The Bertz CT molecular complexity index is 211. The molecule has 0 aliphatic heterocycles. The monoisotopic (exact) mass is 256 g/mol. The summed E-state index contributed by atoms with van der Waals surface area (Å²) in [5.74, 6) is 0. The van der Waals surface area contributed by atoms with Crippen molar-refractivity contribution in [3.05, 3.63) is 0 Å². The molecule has 0 bridgehead atoms. The average molecular weight is 256 g/mol. The van der Waals surface area contributed by atoms with E-state index in [1.807, 2.05) is 0 Å². The van der Waals surface area contributed by atoms with Gasteiger partial charge in [0.15, 0.2) is 0 Å². The van der Waals surface area contributed by atoms with E-state index >= 15 is 0 Å². The highest BCUT2D eigenvalue weighted by molar-refractivity contribution is 4.91. The molecule has 1 aliphatic rings. The van der Waals surface area contributed by atoms with E-state index in [2.05, 4.69) is 25.8 Å². The molecule has 3 nitrogen and oxygen atoms in total. The molecule has 2 N–H and O–H groups in total. The highest BCUT2D eigenvalue weighted by Gasteiger charge is 2.32. The van der Waals surface area contributed by atoms with E-state index < -0.39 is 0 Å². The predicted octanol–water partition coefficient (Wildman–Crippen LogP) is 2.79. The lowest BCUT2D eigenvalue weighted by atomic mass is 9.82. The van der Waals surface area contributed by atoms with Gasteiger partial charge in [-0.1, -0.05) is 32.1 Å². The summed E-state index contributed by atoms with van der Waals surface area (Å²) < 4.78 is 5.67. The molecule has 0 aromatic carbocycles. The lowest BCUT2D eigenvalue weighted by Crippen LogP contribution is -2.53. The minimum absolute atomic E-state index is 0.223. The van der Waals surface area contributed by atoms with Crippen molar-refractivity contribution < 1.29 is 4.74 Å². The normalized spacial score (nSPS) is 21.0. The molecule has 18 heavy (non-hydrogen) atoms. The van der Waals surface area contributed by atoms with Gasteiger partial charge in [-0.2, -0.15) is 0 Å². The van der Waals surface area contributed by atoms with E-state index in [0.29, 0.717) is 6.10 Å². The lowest BCUT2D eigenvalue weighted by molar-refractivity contribution is 0.0258. The first-order valence-corrected chi connectivity index (χ1v) is 7.64. The average Bonchev–Trinajstić information content (AvgIpc) is 2.29. The van der Waals surface area contributed by atoms with Crippen LogP contribution in [0.5, 0.6) is 0 Å². The van der Waals surface area contributed by atoms with Crippen LogP contribution >= 0.6 is 0 Å². The molecule has 0 amide bonds. The number of ether oxygens (including phenoxy) is 1. The smallest absolute Gasteiger partial charge is 0.0597 e. The molecule has 108 valence electrons. The van der Waals surface area contributed by atoms with Gasteiger partial charge in [-0.3, -0.25) is 4.90 Å². The fourth-order valence-corrected chi connectivity index (χ4v) is 2.97.